The van der Waals surface area contributed by atoms with Crippen molar-refractivity contribution in [3.05, 3.63) is 24.3 Å². The average Bonchev–Trinajstić information content (AvgIpc) is 2.40. The number of rotatable bonds is 4. The lowest BCUT2D eigenvalue weighted by Gasteiger charge is -2.41. The van der Waals surface area contributed by atoms with Crippen molar-refractivity contribution in [1.29, 1.82) is 0 Å². The molecule has 1 saturated carbocycles. The van der Waals surface area contributed by atoms with Gasteiger partial charge in [0.2, 0.25) is 0 Å². The molecule has 0 aromatic carbocycles. The minimum Gasteiger partial charge on any atom is -0.329 e. The monoisotopic (exact) mass is 262 g/mol. The smallest absolute Gasteiger partial charge is 0.115 e. The van der Waals surface area contributed by atoms with Gasteiger partial charge in [-0.3, -0.25) is 4.90 Å². The molecule has 1 unspecified atom stereocenters. The summed E-state index contributed by atoms with van der Waals surface area (Å²) in [6.07, 6.45) is 8.50. The number of nitrogens with zero attached hydrogens (tertiary/aromatic N) is 3. The number of aromatic nitrogens is 2. The first kappa shape index (κ1) is 14.4. The van der Waals surface area contributed by atoms with Gasteiger partial charge in [-0.2, -0.15) is 0 Å². The van der Waals surface area contributed by atoms with E-state index >= 15 is 0 Å². The van der Waals surface area contributed by atoms with Crippen LogP contribution in [0.15, 0.2) is 18.6 Å². The zero-order chi connectivity index (χ0) is 13.9. The van der Waals surface area contributed by atoms with Crippen LogP contribution < -0.4 is 5.73 Å². The van der Waals surface area contributed by atoms with Crippen LogP contribution in [0, 0.1) is 5.41 Å². The van der Waals surface area contributed by atoms with Crippen molar-refractivity contribution in [1.82, 2.24) is 14.9 Å². The fourth-order valence-corrected chi connectivity index (χ4v) is 3.04. The molecule has 4 heteroatoms. The molecule has 0 radical (unpaired) electrons. The average molecular weight is 262 g/mol. The van der Waals surface area contributed by atoms with E-state index in [4.69, 9.17) is 5.73 Å². The summed E-state index contributed by atoms with van der Waals surface area (Å²) in [7, 11) is 2.18. The molecule has 0 saturated heterocycles. The molecule has 1 aliphatic rings. The summed E-state index contributed by atoms with van der Waals surface area (Å²) in [4.78, 5) is 10.8. The fraction of sp³-hybridized carbons (Fsp3) is 0.733. The van der Waals surface area contributed by atoms with Gasteiger partial charge in [-0.25, -0.2) is 9.97 Å². The van der Waals surface area contributed by atoms with Gasteiger partial charge in [-0.1, -0.05) is 13.8 Å². The van der Waals surface area contributed by atoms with Crippen molar-refractivity contribution < 1.29 is 0 Å². The van der Waals surface area contributed by atoms with Gasteiger partial charge in [0, 0.05) is 18.8 Å². The standard InChI is InChI=1S/C15H26N4/c1-15(2)7-4-12(5-8-15)19(3)14(10-16)13-6-9-17-11-18-13/h6,9,11-12,14H,4-5,7-8,10,16H2,1-3H3. The first-order valence-corrected chi connectivity index (χ1v) is 7.21. The van der Waals surface area contributed by atoms with Crippen LogP contribution in [0.25, 0.3) is 0 Å². The van der Waals surface area contributed by atoms with E-state index in [-0.39, 0.29) is 6.04 Å². The highest BCUT2D eigenvalue weighted by atomic mass is 15.2. The Hall–Kier alpha value is -1.00. The molecule has 0 spiro atoms. The van der Waals surface area contributed by atoms with E-state index < -0.39 is 0 Å². The molecule has 1 heterocycles. The molecule has 4 nitrogen and oxygen atoms in total. The summed E-state index contributed by atoms with van der Waals surface area (Å²) in [5.41, 5.74) is 7.50. The molecule has 1 fully saturated rings. The first-order chi connectivity index (χ1) is 9.03. The Labute approximate surface area is 116 Å². The topological polar surface area (TPSA) is 55.0 Å². The fourth-order valence-electron chi connectivity index (χ4n) is 3.04. The maximum atomic E-state index is 5.96. The molecule has 0 bridgehead atoms. The second-order valence-electron chi connectivity index (χ2n) is 6.45. The van der Waals surface area contributed by atoms with Gasteiger partial charge in [0.1, 0.15) is 6.33 Å². The van der Waals surface area contributed by atoms with E-state index in [1.54, 1.807) is 12.5 Å². The van der Waals surface area contributed by atoms with Crippen molar-refractivity contribution in [2.45, 2.75) is 51.6 Å². The summed E-state index contributed by atoms with van der Waals surface area (Å²) in [5.74, 6) is 0. The highest BCUT2D eigenvalue weighted by Crippen LogP contribution is 2.38. The van der Waals surface area contributed by atoms with Gasteiger partial charge in [0.05, 0.1) is 11.7 Å². The van der Waals surface area contributed by atoms with E-state index in [1.807, 2.05) is 6.07 Å². The van der Waals surface area contributed by atoms with Crippen LogP contribution in [0.3, 0.4) is 0 Å². The Morgan fingerprint density at radius 2 is 2.11 bits per heavy atom. The molecule has 2 rings (SSSR count). The lowest BCUT2D eigenvalue weighted by Crippen LogP contribution is -2.42. The lowest BCUT2D eigenvalue weighted by atomic mass is 9.75. The molecule has 0 amide bonds. The van der Waals surface area contributed by atoms with Crippen LogP contribution in [-0.2, 0) is 0 Å². The number of likely N-dealkylation sites (N-methyl/N-ethyl adjacent to an activating group) is 1. The predicted octanol–water partition coefficient (Wildman–Crippen LogP) is 2.38. The van der Waals surface area contributed by atoms with E-state index in [0.717, 1.165) is 5.69 Å². The van der Waals surface area contributed by atoms with Crippen LogP contribution >= 0.6 is 0 Å². The van der Waals surface area contributed by atoms with Gasteiger partial charge in [-0.05, 0) is 44.2 Å². The maximum absolute atomic E-state index is 5.96. The molecule has 1 aliphatic carbocycles. The zero-order valence-electron chi connectivity index (χ0n) is 12.3. The number of nitrogens with two attached hydrogens (primary N) is 1. The summed E-state index contributed by atoms with van der Waals surface area (Å²) in [6.45, 7) is 5.34. The minimum absolute atomic E-state index is 0.203. The molecule has 19 heavy (non-hydrogen) atoms. The van der Waals surface area contributed by atoms with Crippen LogP contribution in [-0.4, -0.2) is 34.5 Å². The van der Waals surface area contributed by atoms with Crippen molar-refractivity contribution in [3.63, 3.8) is 0 Å². The van der Waals surface area contributed by atoms with Crippen molar-refractivity contribution in [3.8, 4) is 0 Å². The van der Waals surface area contributed by atoms with E-state index in [2.05, 4.69) is 35.8 Å². The van der Waals surface area contributed by atoms with E-state index in [1.165, 1.54) is 25.7 Å². The third kappa shape index (κ3) is 3.51. The number of hydrogen-bond acceptors (Lipinski definition) is 4. The molecule has 1 aromatic heterocycles. The molecular formula is C15H26N4. The van der Waals surface area contributed by atoms with E-state index in [9.17, 15) is 0 Å². The third-order valence-corrected chi connectivity index (χ3v) is 4.55. The summed E-state index contributed by atoms with van der Waals surface area (Å²) in [6, 6.07) is 2.80. The quantitative estimate of drug-likeness (QED) is 0.905. The van der Waals surface area contributed by atoms with Gasteiger partial charge >= 0.3 is 0 Å². The Bertz CT molecular complexity index is 380. The van der Waals surface area contributed by atoms with Crippen LogP contribution in [0.4, 0.5) is 0 Å². The van der Waals surface area contributed by atoms with Crippen molar-refractivity contribution >= 4 is 0 Å². The Kier molecular flexibility index (Phi) is 4.53. The third-order valence-electron chi connectivity index (χ3n) is 4.55. The van der Waals surface area contributed by atoms with Crippen molar-refractivity contribution in [2.75, 3.05) is 13.6 Å². The van der Waals surface area contributed by atoms with Gasteiger partial charge in [0.15, 0.2) is 0 Å². The zero-order valence-corrected chi connectivity index (χ0v) is 12.3. The predicted molar refractivity (Wildman–Crippen MR) is 77.6 cm³/mol. The van der Waals surface area contributed by atoms with Crippen molar-refractivity contribution in [2.24, 2.45) is 11.1 Å². The normalized spacial score (nSPS) is 21.5. The van der Waals surface area contributed by atoms with Gasteiger partial charge < -0.3 is 5.73 Å². The van der Waals surface area contributed by atoms with Gasteiger partial charge in [-0.15, -0.1) is 0 Å². The molecule has 2 N–H and O–H groups in total. The Morgan fingerprint density at radius 1 is 1.42 bits per heavy atom. The number of hydrogen-bond donors (Lipinski definition) is 1. The minimum atomic E-state index is 0.203. The highest BCUT2D eigenvalue weighted by molar-refractivity contribution is 5.06. The molecule has 1 atom stereocenters. The van der Waals surface area contributed by atoms with Crippen LogP contribution in [0.1, 0.15) is 51.3 Å². The second-order valence-corrected chi connectivity index (χ2v) is 6.45. The lowest BCUT2D eigenvalue weighted by molar-refractivity contribution is 0.0951. The summed E-state index contributed by atoms with van der Waals surface area (Å²) < 4.78 is 0. The summed E-state index contributed by atoms with van der Waals surface area (Å²) >= 11 is 0. The molecule has 0 aliphatic heterocycles. The SMILES string of the molecule is CN(C1CCC(C)(C)CC1)C(CN)c1ccncn1. The second kappa shape index (κ2) is 5.97. The summed E-state index contributed by atoms with van der Waals surface area (Å²) in [5, 5.41) is 0. The Morgan fingerprint density at radius 3 is 2.63 bits per heavy atom. The van der Waals surface area contributed by atoms with E-state index in [0.29, 0.717) is 18.0 Å². The van der Waals surface area contributed by atoms with Crippen LogP contribution in [0.5, 0.6) is 0 Å². The Balaban J connectivity index is 2.04. The maximum Gasteiger partial charge on any atom is 0.115 e. The molecule has 106 valence electrons. The largest absolute Gasteiger partial charge is 0.329 e. The first-order valence-electron chi connectivity index (χ1n) is 7.21. The van der Waals surface area contributed by atoms with Crippen LogP contribution in [0.2, 0.25) is 0 Å². The molecule has 1 aromatic rings. The molecular weight excluding hydrogens is 236 g/mol. The van der Waals surface area contributed by atoms with Gasteiger partial charge in [0.25, 0.3) is 0 Å². The highest BCUT2D eigenvalue weighted by Gasteiger charge is 2.31.